The van der Waals surface area contributed by atoms with E-state index >= 15 is 0 Å². The van der Waals surface area contributed by atoms with Crippen LogP contribution in [0.2, 0.25) is 10.8 Å². The van der Waals surface area contributed by atoms with E-state index in [9.17, 15) is 24.5 Å². The summed E-state index contributed by atoms with van der Waals surface area (Å²) in [6, 6.07) is 3.09. The minimum Gasteiger partial charge on any atom is -0.535 e. The Bertz CT molecular complexity index is 660. The number of Topliss-reactive ketones (excluding diaryl/α,β-unsaturated/α-hetero) is 2. The summed E-state index contributed by atoms with van der Waals surface area (Å²) in [4.78, 5) is 34.1. The average molecular weight is 339 g/mol. The van der Waals surface area contributed by atoms with E-state index in [1.54, 1.807) is 6.07 Å². The van der Waals surface area contributed by atoms with Gasteiger partial charge >= 0.3 is 13.1 Å². The molecule has 0 unspecified atom stereocenters. The van der Waals surface area contributed by atoms with Gasteiger partial charge in [0.25, 0.3) is 0 Å². The molecule has 8 heteroatoms. The Balaban J connectivity index is 2.15. The predicted molar refractivity (Wildman–Crippen MR) is 84.0 cm³/mol. The molecule has 0 saturated heterocycles. The third kappa shape index (κ3) is 4.12. The first-order valence-electron chi connectivity index (χ1n) is 7.20. The number of hydrogen-bond donors (Lipinski definition) is 2. The highest BCUT2D eigenvalue weighted by Gasteiger charge is 2.38. The number of benzene rings is 1. The molecule has 0 aliphatic carbocycles. The van der Waals surface area contributed by atoms with E-state index in [4.69, 9.17) is 16.3 Å². The molecule has 0 fully saturated rings. The summed E-state index contributed by atoms with van der Waals surface area (Å²) < 4.78 is 5.32. The number of aromatic carboxylic acids is 1. The van der Waals surface area contributed by atoms with Crippen LogP contribution in [0.3, 0.4) is 0 Å². The Morgan fingerprint density at radius 3 is 2.65 bits per heavy atom. The number of halogens is 1. The number of carboxylic acid groups (broad SMARTS) is 1. The molecule has 0 radical (unpaired) electrons. The van der Waals surface area contributed by atoms with Gasteiger partial charge in [0.05, 0.1) is 5.02 Å². The molecular weight excluding hydrogens is 322 g/mol. The smallest absolute Gasteiger partial charge is 0.526 e. The number of carboxylic acids is 1. The predicted octanol–water partition coefficient (Wildman–Crippen LogP) is 2.15. The van der Waals surface area contributed by atoms with Gasteiger partial charge in [0.1, 0.15) is 22.9 Å². The fourth-order valence-corrected chi connectivity index (χ4v) is 2.81. The Morgan fingerprint density at radius 1 is 1.35 bits per heavy atom. The fourth-order valence-electron chi connectivity index (χ4n) is 2.58. The zero-order chi connectivity index (χ0) is 17.1. The van der Waals surface area contributed by atoms with E-state index in [2.05, 4.69) is 0 Å². The Kier molecular flexibility index (Phi) is 5.44. The fraction of sp³-hybridized carbons (Fsp3) is 0.400. The van der Waals surface area contributed by atoms with Crippen LogP contribution in [0.1, 0.15) is 42.1 Å². The Hall–Kier alpha value is -1.86. The van der Waals surface area contributed by atoms with Crippen LogP contribution in [0.4, 0.5) is 0 Å². The average Bonchev–Trinajstić information content (AvgIpc) is 2.45. The van der Waals surface area contributed by atoms with Crippen LogP contribution in [0.5, 0.6) is 5.75 Å². The first kappa shape index (κ1) is 17.5. The molecule has 1 aromatic rings. The molecule has 1 atom stereocenters. The highest BCUT2D eigenvalue weighted by Crippen LogP contribution is 2.39. The van der Waals surface area contributed by atoms with Crippen molar-refractivity contribution in [2.75, 3.05) is 0 Å². The number of fused-ring (bicyclic) bond motifs is 1. The number of rotatable bonds is 6. The molecule has 23 heavy (non-hydrogen) atoms. The van der Waals surface area contributed by atoms with Gasteiger partial charge in [0.2, 0.25) is 0 Å². The molecule has 0 saturated carbocycles. The molecule has 0 aromatic heterocycles. The number of ketones is 2. The van der Waals surface area contributed by atoms with E-state index < -0.39 is 18.9 Å². The van der Waals surface area contributed by atoms with Crippen LogP contribution in [0, 0.1) is 0 Å². The van der Waals surface area contributed by atoms with Gasteiger partial charge in [-0.05, 0) is 25.0 Å². The lowest BCUT2D eigenvalue weighted by Crippen LogP contribution is -2.36. The van der Waals surface area contributed by atoms with E-state index in [0.29, 0.717) is 12.0 Å². The summed E-state index contributed by atoms with van der Waals surface area (Å²) >= 11 is 5.87. The normalized spacial score (nSPS) is 16.5. The third-order valence-electron chi connectivity index (χ3n) is 3.77. The van der Waals surface area contributed by atoms with E-state index in [1.807, 2.05) is 0 Å². The van der Waals surface area contributed by atoms with Crippen LogP contribution < -0.4 is 4.65 Å². The van der Waals surface area contributed by atoms with Gasteiger partial charge in [-0.25, -0.2) is 4.79 Å². The minimum atomic E-state index is -1.29. The van der Waals surface area contributed by atoms with E-state index in [1.165, 1.54) is 13.0 Å². The molecule has 1 aliphatic heterocycles. The molecule has 122 valence electrons. The maximum atomic E-state index is 11.9. The van der Waals surface area contributed by atoms with Gasteiger partial charge in [-0.2, -0.15) is 0 Å². The maximum Gasteiger partial charge on any atom is 0.526 e. The molecule has 0 bridgehead atoms. The number of carbonyl (C=O) groups is 3. The summed E-state index contributed by atoms with van der Waals surface area (Å²) in [5, 5.41) is 19.3. The first-order chi connectivity index (χ1) is 10.8. The summed E-state index contributed by atoms with van der Waals surface area (Å²) in [5.74, 6) is -1.88. The van der Waals surface area contributed by atoms with Crippen molar-refractivity contribution in [1.82, 2.24) is 0 Å². The van der Waals surface area contributed by atoms with Gasteiger partial charge in [0, 0.05) is 25.1 Å². The van der Waals surface area contributed by atoms with Crippen molar-refractivity contribution < 1.29 is 29.2 Å². The topological polar surface area (TPSA) is 101 Å². The third-order valence-corrected chi connectivity index (χ3v) is 4.09. The standard InChI is InChI=1S/C15H16BClO6/c1-8(18)2-4-11(19)7-10-6-9-3-5-12(17)13(15(20)21)14(9)23-16(10)22/h3,5,10,22H,2,4,6-7H2,1H3,(H,20,21)/t10-/m1/s1. The zero-order valence-corrected chi connectivity index (χ0v) is 13.3. The number of carbonyl (C=O) groups excluding carboxylic acids is 2. The number of hydrogen-bond acceptors (Lipinski definition) is 5. The van der Waals surface area contributed by atoms with Crippen molar-refractivity contribution in [3.05, 3.63) is 28.3 Å². The van der Waals surface area contributed by atoms with Gasteiger partial charge in [-0.3, -0.25) is 4.79 Å². The summed E-state index contributed by atoms with van der Waals surface area (Å²) in [5.41, 5.74) is 0.394. The minimum absolute atomic E-state index is 0.0273. The molecule has 1 aliphatic rings. The highest BCUT2D eigenvalue weighted by atomic mass is 35.5. The van der Waals surface area contributed by atoms with Gasteiger partial charge in [-0.15, -0.1) is 0 Å². The summed E-state index contributed by atoms with van der Waals surface area (Å²) in [6.07, 6.45) is 0.683. The lowest BCUT2D eigenvalue weighted by molar-refractivity contribution is -0.123. The van der Waals surface area contributed by atoms with E-state index in [0.717, 1.165) is 0 Å². The lowest BCUT2D eigenvalue weighted by Gasteiger charge is -2.28. The highest BCUT2D eigenvalue weighted by molar-refractivity contribution is 6.47. The van der Waals surface area contributed by atoms with Gasteiger partial charge in [-0.1, -0.05) is 17.7 Å². The second-order valence-electron chi connectivity index (χ2n) is 5.63. The van der Waals surface area contributed by atoms with Crippen molar-refractivity contribution in [3.63, 3.8) is 0 Å². The van der Waals surface area contributed by atoms with Crippen molar-refractivity contribution in [1.29, 1.82) is 0 Å². The van der Waals surface area contributed by atoms with Crippen molar-refractivity contribution in [2.24, 2.45) is 0 Å². The molecular formula is C15H16BClO6. The van der Waals surface area contributed by atoms with Gasteiger partial charge < -0.3 is 19.6 Å². The second-order valence-corrected chi connectivity index (χ2v) is 6.04. The molecule has 2 rings (SSSR count). The second kappa shape index (κ2) is 7.15. The van der Waals surface area contributed by atoms with Crippen LogP contribution in [0.25, 0.3) is 0 Å². The van der Waals surface area contributed by atoms with Crippen LogP contribution in [-0.2, 0) is 16.0 Å². The van der Waals surface area contributed by atoms with Crippen molar-refractivity contribution in [3.8, 4) is 5.75 Å². The summed E-state index contributed by atoms with van der Waals surface area (Å²) in [6.45, 7) is 1.42. The molecule has 1 aromatic carbocycles. The first-order valence-corrected chi connectivity index (χ1v) is 7.58. The molecule has 1 heterocycles. The Labute approximate surface area is 138 Å². The SMILES string of the molecule is CC(=O)CCC(=O)C[C@H]1Cc2ccc(Cl)c(C(=O)O)c2OB1O. The lowest BCUT2D eigenvalue weighted by atomic mass is 9.64. The molecule has 0 amide bonds. The summed E-state index contributed by atoms with van der Waals surface area (Å²) in [7, 11) is -1.29. The quantitative estimate of drug-likeness (QED) is 0.771. The molecule has 6 nitrogen and oxygen atoms in total. The largest absolute Gasteiger partial charge is 0.535 e. The van der Waals surface area contributed by atoms with E-state index in [-0.39, 0.29) is 47.2 Å². The van der Waals surface area contributed by atoms with Crippen LogP contribution >= 0.6 is 11.6 Å². The zero-order valence-electron chi connectivity index (χ0n) is 12.5. The van der Waals surface area contributed by atoms with Gasteiger partial charge in [0.15, 0.2) is 0 Å². The Morgan fingerprint density at radius 2 is 2.04 bits per heavy atom. The van der Waals surface area contributed by atoms with Crippen molar-refractivity contribution in [2.45, 2.75) is 38.4 Å². The maximum absolute atomic E-state index is 11.9. The monoisotopic (exact) mass is 338 g/mol. The molecule has 0 spiro atoms. The molecule has 2 N–H and O–H groups in total. The van der Waals surface area contributed by atoms with Crippen LogP contribution in [0.15, 0.2) is 12.1 Å². The van der Waals surface area contributed by atoms with Crippen molar-refractivity contribution >= 4 is 36.3 Å². The van der Waals surface area contributed by atoms with Crippen LogP contribution in [-0.4, -0.2) is 34.8 Å².